The SMILES string of the molecule is Cc1sc2ncnc(N3CCC(C(=O)OCC(=O)NCCc4ccc(F)cc4)CC3)c2c1C. The number of amides is 1. The molecular weight excluding hydrogens is 443 g/mol. The highest BCUT2D eigenvalue weighted by Crippen LogP contribution is 2.35. The molecule has 1 aliphatic heterocycles. The number of nitrogens with one attached hydrogen (secondary N) is 1. The lowest BCUT2D eigenvalue weighted by Gasteiger charge is -2.32. The number of thiophene rings is 1. The molecule has 1 aromatic carbocycles. The maximum atomic E-state index is 12.9. The number of hydrogen-bond donors (Lipinski definition) is 1. The highest BCUT2D eigenvalue weighted by molar-refractivity contribution is 7.18. The Morgan fingerprint density at radius 1 is 1.18 bits per heavy atom. The predicted octanol–water partition coefficient (Wildman–Crippen LogP) is 3.57. The highest BCUT2D eigenvalue weighted by atomic mass is 32.1. The van der Waals surface area contributed by atoms with Crippen LogP contribution in [0.25, 0.3) is 10.2 Å². The molecule has 9 heteroatoms. The number of carbonyl (C=O) groups is 2. The van der Waals surface area contributed by atoms with Crippen LogP contribution in [0.2, 0.25) is 0 Å². The second-order valence-corrected chi connectivity index (χ2v) is 9.46. The van der Waals surface area contributed by atoms with Crippen LogP contribution in [0.5, 0.6) is 0 Å². The summed E-state index contributed by atoms with van der Waals surface area (Å²) in [6, 6.07) is 6.14. The summed E-state index contributed by atoms with van der Waals surface area (Å²) in [5, 5.41) is 3.82. The number of benzene rings is 1. The highest BCUT2D eigenvalue weighted by Gasteiger charge is 2.28. The Labute approximate surface area is 196 Å². The van der Waals surface area contributed by atoms with Crippen LogP contribution >= 0.6 is 11.3 Å². The lowest BCUT2D eigenvalue weighted by atomic mass is 9.97. The lowest BCUT2D eigenvalue weighted by Crippen LogP contribution is -2.38. The van der Waals surface area contributed by atoms with E-state index in [0.717, 1.165) is 21.6 Å². The molecule has 0 atom stereocenters. The summed E-state index contributed by atoms with van der Waals surface area (Å²) in [6.45, 7) is 5.69. The second kappa shape index (κ2) is 10.2. The maximum Gasteiger partial charge on any atom is 0.309 e. The number of fused-ring (bicyclic) bond motifs is 1. The third-order valence-corrected chi connectivity index (χ3v) is 7.18. The third kappa shape index (κ3) is 5.47. The van der Waals surface area contributed by atoms with Gasteiger partial charge in [-0.3, -0.25) is 9.59 Å². The van der Waals surface area contributed by atoms with Crippen LogP contribution in [0, 0.1) is 25.6 Å². The fourth-order valence-corrected chi connectivity index (χ4v) is 5.02. The molecule has 4 rings (SSSR count). The second-order valence-electron chi connectivity index (χ2n) is 8.26. The molecule has 0 unspecified atom stereocenters. The zero-order valence-electron chi connectivity index (χ0n) is 18.8. The van der Waals surface area contributed by atoms with Crippen molar-refractivity contribution in [2.24, 2.45) is 5.92 Å². The normalized spacial score (nSPS) is 14.5. The fraction of sp³-hybridized carbons (Fsp3) is 0.417. The largest absolute Gasteiger partial charge is 0.455 e. The van der Waals surface area contributed by atoms with Crippen molar-refractivity contribution < 1.29 is 18.7 Å². The number of piperidine rings is 1. The standard InChI is InChI=1S/C24H27FN4O3S/c1-15-16(2)33-23-21(15)22(27-14-28-23)29-11-8-18(9-12-29)24(31)32-13-20(30)26-10-7-17-3-5-19(25)6-4-17/h3-6,14,18H,7-13H2,1-2H3,(H,26,30). The molecule has 0 radical (unpaired) electrons. The minimum Gasteiger partial charge on any atom is -0.455 e. The van der Waals surface area contributed by atoms with Crippen molar-refractivity contribution in [3.63, 3.8) is 0 Å². The molecule has 33 heavy (non-hydrogen) atoms. The Bertz CT molecular complexity index is 1140. The van der Waals surface area contributed by atoms with Gasteiger partial charge in [-0.1, -0.05) is 12.1 Å². The molecule has 3 heterocycles. The van der Waals surface area contributed by atoms with Crippen LogP contribution in [-0.2, 0) is 20.7 Å². The van der Waals surface area contributed by atoms with Crippen LogP contribution in [0.1, 0.15) is 28.8 Å². The van der Waals surface area contributed by atoms with Gasteiger partial charge in [0.2, 0.25) is 0 Å². The Balaban J connectivity index is 1.22. The van der Waals surface area contributed by atoms with E-state index in [4.69, 9.17) is 4.74 Å². The first kappa shape index (κ1) is 23.1. The van der Waals surface area contributed by atoms with E-state index in [0.29, 0.717) is 38.9 Å². The Morgan fingerprint density at radius 3 is 2.64 bits per heavy atom. The van der Waals surface area contributed by atoms with Gasteiger partial charge in [-0.2, -0.15) is 0 Å². The summed E-state index contributed by atoms with van der Waals surface area (Å²) in [5.41, 5.74) is 2.13. The van der Waals surface area contributed by atoms with Gasteiger partial charge >= 0.3 is 5.97 Å². The molecule has 0 saturated carbocycles. The molecule has 3 aromatic rings. The van der Waals surface area contributed by atoms with E-state index < -0.39 is 0 Å². The fourth-order valence-electron chi connectivity index (χ4n) is 4.03. The quantitative estimate of drug-likeness (QED) is 0.532. The van der Waals surface area contributed by atoms with Gasteiger partial charge in [0.25, 0.3) is 5.91 Å². The van der Waals surface area contributed by atoms with Crippen molar-refractivity contribution in [3.05, 3.63) is 52.4 Å². The molecule has 1 saturated heterocycles. The number of hydrogen-bond acceptors (Lipinski definition) is 7. The molecule has 174 valence electrons. The zero-order valence-corrected chi connectivity index (χ0v) is 19.6. The number of anilines is 1. The number of nitrogens with zero attached hydrogens (tertiary/aromatic N) is 3. The number of aromatic nitrogens is 2. The van der Waals surface area contributed by atoms with Gasteiger partial charge in [-0.25, -0.2) is 14.4 Å². The summed E-state index contributed by atoms with van der Waals surface area (Å²) in [5.74, 6) is -0.263. The summed E-state index contributed by atoms with van der Waals surface area (Å²) in [7, 11) is 0. The number of esters is 1. The van der Waals surface area contributed by atoms with Crippen LogP contribution in [-0.4, -0.2) is 48.1 Å². The zero-order chi connectivity index (χ0) is 23.4. The van der Waals surface area contributed by atoms with Crippen molar-refractivity contribution in [1.82, 2.24) is 15.3 Å². The Hall–Kier alpha value is -3.07. The van der Waals surface area contributed by atoms with Crippen LogP contribution in [0.15, 0.2) is 30.6 Å². The molecule has 1 aliphatic rings. The number of carbonyl (C=O) groups excluding carboxylic acids is 2. The first-order chi connectivity index (χ1) is 15.9. The van der Waals surface area contributed by atoms with Gasteiger partial charge in [0.1, 0.15) is 22.8 Å². The van der Waals surface area contributed by atoms with Crippen molar-refractivity contribution in [2.45, 2.75) is 33.1 Å². The molecule has 0 spiro atoms. The van der Waals surface area contributed by atoms with Crippen molar-refractivity contribution in [1.29, 1.82) is 0 Å². The van der Waals surface area contributed by atoms with E-state index in [-0.39, 0.29) is 30.2 Å². The number of ether oxygens (including phenoxy) is 1. The van der Waals surface area contributed by atoms with Gasteiger partial charge in [-0.15, -0.1) is 11.3 Å². The molecule has 1 fully saturated rings. The molecule has 2 aromatic heterocycles. The molecule has 1 N–H and O–H groups in total. The number of aryl methyl sites for hydroxylation is 2. The molecule has 0 aliphatic carbocycles. The van der Waals surface area contributed by atoms with Crippen molar-refractivity contribution in [3.8, 4) is 0 Å². The van der Waals surface area contributed by atoms with E-state index >= 15 is 0 Å². The lowest BCUT2D eigenvalue weighted by molar-refractivity contribution is -0.153. The first-order valence-corrected chi connectivity index (χ1v) is 11.9. The number of halogens is 1. The van der Waals surface area contributed by atoms with Gasteiger partial charge in [0, 0.05) is 24.5 Å². The Kier molecular flexibility index (Phi) is 7.17. The van der Waals surface area contributed by atoms with E-state index in [1.807, 2.05) is 0 Å². The monoisotopic (exact) mass is 470 g/mol. The predicted molar refractivity (Wildman–Crippen MR) is 126 cm³/mol. The Morgan fingerprint density at radius 2 is 1.91 bits per heavy atom. The van der Waals surface area contributed by atoms with E-state index in [1.165, 1.54) is 22.6 Å². The van der Waals surface area contributed by atoms with Crippen molar-refractivity contribution >= 4 is 39.2 Å². The average Bonchev–Trinajstić information content (AvgIpc) is 3.12. The minimum atomic E-state index is -0.338. The first-order valence-electron chi connectivity index (χ1n) is 11.1. The summed E-state index contributed by atoms with van der Waals surface area (Å²) in [4.78, 5) is 37.8. The number of rotatable bonds is 7. The van der Waals surface area contributed by atoms with Crippen LogP contribution < -0.4 is 10.2 Å². The van der Waals surface area contributed by atoms with Crippen molar-refractivity contribution in [2.75, 3.05) is 31.1 Å². The molecular formula is C24H27FN4O3S. The van der Waals surface area contributed by atoms with E-state index in [2.05, 4.69) is 34.0 Å². The smallest absolute Gasteiger partial charge is 0.309 e. The maximum absolute atomic E-state index is 12.9. The average molecular weight is 471 g/mol. The van der Waals surface area contributed by atoms with E-state index in [1.54, 1.807) is 29.8 Å². The minimum absolute atomic E-state index is 0.226. The van der Waals surface area contributed by atoms with E-state index in [9.17, 15) is 14.0 Å². The molecule has 7 nitrogen and oxygen atoms in total. The topological polar surface area (TPSA) is 84.4 Å². The third-order valence-electron chi connectivity index (χ3n) is 6.07. The summed E-state index contributed by atoms with van der Waals surface area (Å²) < 4.78 is 18.2. The molecule has 0 bridgehead atoms. The van der Waals surface area contributed by atoms with Gasteiger partial charge < -0.3 is 15.0 Å². The van der Waals surface area contributed by atoms with Crippen LogP contribution in [0.3, 0.4) is 0 Å². The van der Waals surface area contributed by atoms with Gasteiger partial charge in [0.15, 0.2) is 6.61 Å². The summed E-state index contributed by atoms with van der Waals surface area (Å²) in [6.07, 6.45) is 3.48. The summed E-state index contributed by atoms with van der Waals surface area (Å²) >= 11 is 1.67. The van der Waals surface area contributed by atoms with Gasteiger partial charge in [-0.05, 0) is 56.4 Å². The molecule has 1 amide bonds. The van der Waals surface area contributed by atoms with Crippen LogP contribution in [0.4, 0.5) is 10.2 Å². The van der Waals surface area contributed by atoms with Gasteiger partial charge in [0.05, 0.1) is 11.3 Å².